The fourth-order valence-corrected chi connectivity index (χ4v) is 3.98. The van der Waals surface area contributed by atoms with E-state index in [-0.39, 0.29) is 12.8 Å². The Morgan fingerprint density at radius 2 is 1.72 bits per heavy atom. The van der Waals surface area contributed by atoms with Gasteiger partial charge in [0.1, 0.15) is 5.69 Å². The summed E-state index contributed by atoms with van der Waals surface area (Å²) in [5.41, 5.74) is -1.16. The number of halogens is 4. The van der Waals surface area contributed by atoms with Crippen LogP contribution in [0.2, 0.25) is 5.02 Å². The van der Waals surface area contributed by atoms with Gasteiger partial charge in [-0.3, -0.25) is 0 Å². The molecule has 4 rings (SSSR count). The maximum Gasteiger partial charge on any atom is 0.417 e. The van der Waals surface area contributed by atoms with E-state index in [1.165, 1.54) is 0 Å². The summed E-state index contributed by atoms with van der Waals surface area (Å²) in [6.45, 7) is 0. The molecule has 4 nitrogen and oxygen atoms in total. The molecule has 2 aromatic carbocycles. The third-order valence-electron chi connectivity index (χ3n) is 5.40. The number of aromatic nitrogens is 2. The number of hydrogen-bond acceptors (Lipinski definition) is 4. The van der Waals surface area contributed by atoms with Crippen LogP contribution in [0, 0.1) is 0 Å². The van der Waals surface area contributed by atoms with Crippen LogP contribution in [0.1, 0.15) is 25.7 Å². The van der Waals surface area contributed by atoms with E-state index in [1.807, 2.05) is 36.4 Å². The molecule has 0 spiro atoms. The first-order chi connectivity index (χ1) is 13.8. The number of rotatable bonds is 3. The Bertz CT molecular complexity index is 1030. The van der Waals surface area contributed by atoms with Gasteiger partial charge in [0.15, 0.2) is 11.4 Å². The SMILES string of the molecule is O[C@]1(C(F)(F)F)CCCC(Nc2nnc(-c3ccc(Cl)cc3)c3ccccc23)C1. The van der Waals surface area contributed by atoms with Crippen LogP contribution in [-0.2, 0) is 0 Å². The van der Waals surface area contributed by atoms with E-state index < -0.39 is 24.2 Å². The highest BCUT2D eigenvalue weighted by Gasteiger charge is 2.55. The van der Waals surface area contributed by atoms with E-state index in [1.54, 1.807) is 12.1 Å². The van der Waals surface area contributed by atoms with Gasteiger partial charge >= 0.3 is 6.18 Å². The van der Waals surface area contributed by atoms with E-state index in [9.17, 15) is 18.3 Å². The average molecular weight is 422 g/mol. The summed E-state index contributed by atoms with van der Waals surface area (Å²) in [4.78, 5) is 0. The zero-order valence-electron chi connectivity index (χ0n) is 15.4. The number of nitrogens with one attached hydrogen (secondary N) is 1. The summed E-state index contributed by atoms with van der Waals surface area (Å²) in [5.74, 6) is 0.412. The van der Waals surface area contributed by atoms with Gasteiger partial charge in [0.05, 0.1) is 0 Å². The number of fused-ring (bicyclic) bond motifs is 1. The molecule has 1 unspecified atom stereocenters. The van der Waals surface area contributed by atoms with Gasteiger partial charge in [0.25, 0.3) is 0 Å². The maximum absolute atomic E-state index is 13.2. The van der Waals surface area contributed by atoms with Gasteiger partial charge in [0, 0.05) is 33.8 Å². The fourth-order valence-electron chi connectivity index (χ4n) is 3.86. The van der Waals surface area contributed by atoms with Crippen molar-refractivity contribution < 1.29 is 18.3 Å². The summed E-state index contributed by atoms with van der Waals surface area (Å²) in [5, 5.41) is 23.9. The molecule has 1 heterocycles. The minimum atomic E-state index is -4.65. The Kier molecular flexibility index (Phi) is 5.12. The number of hydrogen-bond donors (Lipinski definition) is 2. The van der Waals surface area contributed by atoms with Crippen LogP contribution in [0.4, 0.5) is 19.0 Å². The first-order valence-electron chi connectivity index (χ1n) is 9.34. The van der Waals surface area contributed by atoms with Crippen molar-refractivity contribution in [1.29, 1.82) is 0 Å². The summed E-state index contributed by atoms with van der Waals surface area (Å²) in [7, 11) is 0. The number of aliphatic hydroxyl groups is 1. The molecule has 1 aliphatic rings. The lowest BCUT2D eigenvalue weighted by molar-refractivity contribution is -0.270. The molecule has 2 atom stereocenters. The molecule has 1 fully saturated rings. The second-order valence-electron chi connectivity index (χ2n) is 7.42. The Balaban J connectivity index is 1.67. The molecule has 1 saturated carbocycles. The van der Waals surface area contributed by atoms with Crippen LogP contribution in [-0.4, -0.2) is 33.1 Å². The molecule has 0 bridgehead atoms. The molecule has 0 radical (unpaired) electrons. The third kappa shape index (κ3) is 3.89. The van der Waals surface area contributed by atoms with Crippen molar-refractivity contribution in [3.05, 3.63) is 53.6 Å². The van der Waals surface area contributed by atoms with Crippen molar-refractivity contribution in [2.45, 2.75) is 43.5 Å². The van der Waals surface area contributed by atoms with Crippen molar-refractivity contribution in [3.8, 4) is 11.3 Å². The van der Waals surface area contributed by atoms with Crippen LogP contribution in [0.25, 0.3) is 22.0 Å². The van der Waals surface area contributed by atoms with Gasteiger partial charge in [-0.1, -0.05) is 48.0 Å². The lowest BCUT2D eigenvalue weighted by Crippen LogP contribution is -2.51. The third-order valence-corrected chi connectivity index (χ3v) is 5.65. The topological polar surface area (TPSA) is 58.0 Å². The molecule has 0 saturated heterocycles. The Morgan fingerprint density at radius 3 is 2.41 bits per heavy atom. The maximum atomic E-state index is 13.2. The smallest absolute Gasteiger partial charge is 0.380 e. The minimum absolute atomic E-state index is 0.280. The second-order valence-corrected chi connectivity index (χ2v) is 7.85. The lowest BCUT2D eigenvalue weighted by Gasteiger charge is -2.38. The predicted molar refractivity (Wildman–Crippen MR) is 107 cm³/mol. The molecule has 0 amide bonds. The van der Waals surface area contributed by atoms with Gasteiger partial charge in [-0.15, -0.1) is 10.2 Å². The Morgan fingerprint density at radius 1 is 1.03 bits per heavy atom. The highest BCUT2D eigenvalue weighted by molar-refractivity contribution is 6.30. The van der Waals surface area contributed by atoms with Crippen molar-refractivity contribution in [2.75, 3.05) is 5.32 Å². The highest BCUT2D eigenvalue weighted by atomic mass is 35.5. The molecule has 1 aromatic heterocycles. The van der Waals surface area contributed by atoms with Gasteiger partial charge in [-0.05, 0) is 31.4 Å². The Hall–Kier alpha value is -2.38. The quantitative estimate of drug-likeness (QED) is 0.578. The van der Waals surface area contributed by atoms with Crippen LogP contribution in [0.5, 0.6) is 0 Å². The highest BCUT2D eigenvalue weighted by Crippen LogP contribution is 2.42. The number of alkyl halides is 3. The zero-order valence-corrected chi connectivity index (χ0v) is 16.1. The lowest BCUT2D eigenvalue weighted by atomic mass is 9.81. The molecule has 29 heavy (non-hydrogen) atoms. The molecule has 2 N–H and O–H groups in total. The van der Waals surface area contributed by atoms with Gasteiger partial charge < -0.3 is 10.4 Å². The van der Waals surface area contributed by atoms with E-state index in [4.69, 9.17) is 11.6 Å². The normalized spacial score (nSPS) is 22.6. The van der Waals surface area contributed by atoms with Crippen LogP contribution in [0.15, 0.2) is 48.5 Å². The average Bonchev–Trinajstić information content (AvgIpc) is 2.68. The van der Waals surface area contributed by atoms with Gasteiger partial charge in [-0.25, -0.2) is 0 Å². The molecule has 1 aliphatic carbocycles. The van der Waals surface area contributed by atoms with Crippen LogP contribution in [0.3, 0.4) is 0 Å². The number of anilines is 1. The second kappa shape index (κ2) is 7.46. The van der Waals surface area contributed by atoms with Crippen molar-refractivity contribution in [1.82, 2.24) is 10.2 Å². The Labute approximate surface area is 170 Å². The monoisotopic (exact) mass is 421 g/mol. The van der Waals surface area contributed by atoms with E-state index >= 15 is 0 Å². The molecule has 0 aliphatic heterocycles. The molecular weight excluding hydrogens is 403 g/mol. The summed E-state index contributed by atoms with van der Waals surface area (Å²) >= 11 is 5.96. The van der Waals surface area contributed by atoms with E-state index in [2.05, 4.69) is 15.5 Å². The predicted octanol–water partition coefficient (Wildman–Crippen LogP) is 5.60. The first kappa shape index (κ1) is 19.9. The van der Waals surface area contributed by atoms with Crippen LogP contribution >= 0.6 is 11.6 Å². The van der Waals surface area contributed by atoms with Crippen molar-refractivity contribution in [3.63, 3.8) is 0 Å². The summed E-state index contributed by atoms with van der Waals surface area (Å²) in [6, 6.07) is 14.1. The minimum Gasteiger partial charge on any atom is -0.380 e. The standard InChI is InChI=1S/C21H19ClF3N3O/c22-14-9-7-13(8-10-14)18-16-5-1-2-6-17(16)19(28-27-18)26-15-4-3-11-20(29,12-15)21(23,24)25/h1-2,5-10,15,29H,3-4,11-12H2,(H,26,28)/t15?,20-/m1/s1. The molecule has 8 heteroatoms. The summed E-state index contributed by atoms with van der Waals surface area (Å²) < 4.78 is 39.7. The van der Waals surface area contributed by atoms with E-state index in [0.29, 0.717) is 23.0 Å². The van der Waals surface area contributed by atoms with Crippen molar-refractivity contribution >= 4 is 28.2 Å². The van der Waals surface area contributed by atoms with Gasteiger partial charge in [-0.2, -0.15) is 13.2 Å². The van der Waals surface area contributed by atoms with E-state index in [0.717, 1.165) is 16.3 Å². The number of nitrogens with zero attached hydrogens (tertiary/aromatic N) is 2. The molecule has 3 aromatic rings. The number of benzene rings is 2. The zero-order chi connectivity index (χ0) is 20.6. The van der Waals surface area contributed by atoms with Gasteiger partial charge in [0.2, 0.25) is 0 Å². The first-order valence-corrected chi connectivity index (χ1v) is 9.72. The molecular formula is C21H19ClF3N3O. The summed E-state index contributed by atoms with van der Waals surface area (Å²) in [6.07, 6.45) is -4.54. The largest absolute Gasteiger partial charge is 0.417 e. The van der Waals surface area contributed by atoms with Crippen LogP contribution < -0.4 is 5.32 Å². The fraction of sp³-hybridized carbons (Fsp3) is 0.333. The molecule has 152 valence electrons. The van der Waals surface area contributed by atoms with Crippen molar-refractivity contribution in [2.24, 2.45) is 0 Å².